The van der Waals surface area contributed by atoms with E-state index < -0.39 is 0 Å². The van der Waals surface area contributed by atoms with E-state index in [0.717, 1.165) is 5.69 Å². The molecule has 2 heteroatoms. The van der Waals surface area contributed by atoms with Crippen LogP contribution in [0.2, 0.25) is 0 Å². The lowest BCUT2D eigenvalue weighted by atomic mass is 9.98. The van der Waals surface area contributed by atoms with Gasteiger partial charge in [-0.1, -0.05) is 98.8 Å². The highest BCUT2D eigenvalue weighted by atomic mass is 32.1. The van der Waals surface area contributed by atoms with Crippen LogP contribution < -0.4 is 5.32 Å². The molecule has 5 aromatic carbocycles. The molecule has 0 spiro atoms. The van der Waals surface area contributed by atoms with E-state index in [0.29, 0.717) is 5.92 Å². The third-order valence-electron chi connectivity index (χ3n) is 6.41. The summed E-state index contributed by atoms with van der Waals surface area (Å²) < 4.78 is 2.73. The van der Waals surface area contributed by atoms with Crippen molar-refractivity contribution >= 4 is 53.7 Å². The summed E-state index contributed by atoms with van der Waals surface area (Å²) in [7, 11) is 0. The fourth-order valence-electron chi connectivity index (χ4n) is 4.75. The molecule has 1 heterocycles. The molecule has 0 saturated carbocycles. The summed E-state index contributed by atoms with van der Waals surface area (Å²) in [5, 5.41) is 9.05. The largest absolute Gasteiger partial charge is 0.354 e. The lowest BCUT2D eigenvalue weighted by Gasteiger charge is -2.11. The smallest absolute Gasteiger partial charge is 0.0597 e. The summed E-state index contributed by atoms with van der Waals surface area (Å²) >= 11 is 1.91. The maximum absolute atomic E-state index is 3.74. The number of hydrogen-bond donors (Lipinski definition) is 1. The first-order valence-electron chi connectivity index (χ1n) is 11.5. The standard InChI is InChI=1S/C31H25NS/c1-20(2)25-13-8-14-27-29-26-12-7-6-11-23(26)19-28(31(29)33-30(25)27)32-24-17-15-22(16-18-24)21-9-4-3-5-10-21/h3-20,32H,1-2H3. The van der Waals surface area contributed by atoms with E-state index in [1.54, 1.807) is 0 Å². The maximum Gasteiger partial charge on any atom is 0.0597 e. The predicted octanol–water partition coefficient (Wildman–Crippen LogP) is 9.74. The number of thiophene rings is 1. The average Bonchev–Trinajstić information content (AvgIpc) is 3.25. The van der Waals surface area contributed by atoms with E-state index in [2.05, 4.69) is 122 Å². The van der Waals surface area contributed by atoms with Gasteiger partial charge in [-0.15, -0.1) is 11.3 Å². The van der Waals surface area contributed by atoms with Gasteiger partial charge in [-0.05, 0) is 51.6 Å². The normalized spacial score (nSPS) is 11.6. The zero-order valence-corrected chi connectivity index (χ0v) is 19.6. The van der Waals surface area contributed by atoms with Gasteiger partial charge in [0.25, 0.3) is 0 Å². The van der Waals surface area contributed by atoms with Crippen molar-refractivity contribution in [2.45, 2.75) is 19.8 Å². The molecule has 0 aliphatic rings. The van der Waals surface area contributed by atoms with Gasteiger partial charge in [0.15, 0.2) is 0 Å². The lowest BCUT2D eigenvalue weighted by molar-refractivity contribution is 0.878. The Kier molecular flexibility index (Phi) is 4.89. The molecule has 160 valence electrons. The average molecular weight is 444 g/mol. The van der Waals surface area contributed by atoms with E-state index in [9.17, 15) is 0 Å². The van der Waals surface area contributed by atoms with Gasteiger partial charge in [-0.2, -0.15) is 0 Å². The molecule has 0 bridgehead atoms. The summed E-state index contributed by atoms with van der Waals surface area (Å²) in [6, 6.07) is 37.1. The van der Waals surface area contributed by atoms with Crippen molar-refractivity contribution in [2.24, 2.45) is 0 Å². The predicted molar refractivity (Wildman–Crippen MR) is 146 cm³/mol. The third kappa shape index (κ3) is 3.48. The van der Waals surface area contributed by atoms with Gasteiger partial charge in [0.2, 0.25) is 0 Å². The molecule has 6 aromatic rings. The monoisotopic (exact) mass is 443 g/mol. The maximum atomic E-state index is 3.74. The number of nitrogens with one attached hydrogen (secondary N) is 1. The molecule has 0 unspecified atom stereocenters. The quantitative estimate of drug-likeness (QED) is 0.286. The van der Waals surface area contributed by atoms with Gasteiger partial charge in [0, 0.05) is 21.2 Å². The van der Waals surface area contributed by atoms with Crippen molar-refractivity contribution in [3.05, 3.63) is 109 Å². The van der Waals surface area contributed by atoms with Crippen LogP contribution in [0.15, 0.2) is 103 Å². The Hall–Kier alpha value is -3.62. The number of rotatable bonds is 4. The summed E-state index contributed by atoms with van der Waals surface area (Å²) in [4.78, 5) is 0. The van der Waals surface area contributed by atoms with Gasteiger partial charge < -0.3 is 5.32 Å². The van der Waals surface area contributed by atoms with Crippen LogP contribution in [0.1, 0.15) is 25.3 Å². The zero-order chi connectivity index (χ0) is 22.4. The molecular formula is C31H25NS. The van der Waals surface area contributed by atoms with E-state index in [1.165, 1.54) is 53.3 Å². The van der Waals surface area contributed by atoms with Crippen molar-refractivity contribution in [3.63, 3.8) is 0 Å². The molecular weight excluding hydrogens is 418 g/mol. The molecule has 1 N–H and O–H groups in total. The first-order valence-corrected chi connectivity index (χ1v) is 12.3. The van der Waals surface area contributed by atoms with Crippen molar-refractivity contribution in [1.82, 2.24) is 0 Å². The first kappa shape index (κ1) is 20.0. The van der Waals surface area contributed by atoms with Crippen molar-refractivity contribution in [2.75, 3.05) is 5.32 Å². The molecule has 0 saturated heterocycles. The fraction of sp³-hybridized carbons (Fsp3) is 0.0968. The van der Waals surface area contributed by atoms with Crippen molar-refractivity contribution in [3.8, 4) is 11.1 Å². The third-order valence-corrected chi connectivity index (χ3v) is 7.70. The summed E-state index contributed by atoms with van der Waals surface area (Å²) in [6.45, 7) is 4.56. The van der Waals surface area contributed by atoms with Gasteiger partial charge in [0.1, 0.15) is 0 Å². The van der Waals surface area contributed by atoms with Crippen LogP contribution in [-0.2, 0) is 0 Å². The van der Waals surface area contributed by atoms with Crippen LogP contribution in [0.3, 0.4) is 0 Å². The van der Waals surface area contributed by atoms with E-state index in [1.807, 2.05) is 11.3 Å². The minimum absolute atomic E-state index is 0.495. The Balaban J connectivity index is 1.52. The van der Waals surface area contributed by atoms with Crippen molar-refractivity contribution < 1.29 is 0 Å². The number of hydrogen-bond acceptors (Lipinski definition) is 2. The second-order valence-corrected chi connectivity index (χ2v) is 9.92. The fourth-order valence-corrected chi connectivity index (χ4v) is 6.20. The second-order valence-electron chi connectivity index (χ2n) is 8.90. The molecule has 0 aliphatic carbocycles. The van der Waals surface area contributed by atoms with Gasteiger partial charge in [0.05, 0.1) is 10.4 Å². The number of anilines is 2. The van der Waals surface area contributed by atoms with E-state index >= 15 is 0 Å². The van der Waals surface area contributed by atoms with Gasteiger partial charge in [-0.3, -0.25) is 0 Å². The molecule has 0 atom stereocenters. The molecule has 0 aliphatic heterocycles. The minimum Gasteiger partial charge on any atom is -0.354 e. The van der Waals surface area contributed by atoms with Crippen LogP contribution in [0, 0.1) is 0 Å². The lowest BCUT2D eigenvalue weighted by Crippen LogP contribution is -1.91. The molecule has 0 fully saturated rings. The Bertz CT molecular complexity index is 1590. The summed E-state index contributed by atoms with van der Waals surface area (Å²) in [6.07, 6.45) is 0. The van der Waals surface area contributed by atoms with E-state index in [4.69, 9.17) is 0 Å². The molecule has 0 amide bonds. The first-order chi connectivity index (χ1) is 16.2. The van der Waals surface area contributed by atoms with Crippen LogP contribution in [0.4, 0.5) is 11.4 Å². The Labute approximate surface area is 198 Å². The Morgan fingerprint density at radius 3 is 2.12 bits per heavy atom. The molecule has 6 rings (SSSR count). The summed E-state index contributed by atoms with van der Waals surface area (Å²) in [5.41, 5.74) is 6.17. The topological polar surface area (TPSA) is 12.0 Å². The molecule has 0 radical (unpaired) electrons. The molecule has 1 nitrogen and oxygen atoms in total. The van der Waals surface area contributed by atoms with Crippen LogP contribution in [0.5, 0.6) is 0 Å². The highest BCUT2D eigenvalue weighted by Crippen LogP contribution is 2.45. The second kappa shape index (κ2) is 8.06. The Morgan fingerprint density at radius 2 is 1.33 bits per heavy atom. The highest BCUT2D eigenvalue weighted by Gasteiger charge is 2.16. The zero-order valence-electron chi connectivity index (χ0n) is 18.8. The van der Waals surface area contributed by atoms with Gasteiger partial charge in [-0.25, -0.2) is 0 Å². The van der Waals surface area contributed by atoms with Crippen molar-refractivity contribution in [1.29, 1.82) is 0 Å². The molecule has 33 heavy (non-hydrogen) atoms. The summed E-state index contributed by atoms with van der Waals surface area (Å²) in [5.74, 6) is 0.495. The number of benzene rings is 5. The van der Waals surface area contributed by atoms with Crippen LogP contribution >= 0.6 is 11.3 Å². The molecule has 1 aromatic heterocycles. The van der Waals surface area contributed by atoms with E-state index in [-0.39, 0.29) is 0 Å². The number of fused-ring (bicyclic) bond motifs is 5. The Morgan fingerprint density at radius 1 is 0.636 bits per heavy atom. The minimum atomic E-state index is 0.495. The van der Waals surface area contributed by atoms with Crippen LogP contribution in [-0.4, -0.2) is 0 Å². The highest BCUT2D eigenvalue weighted by molar-refractivity contribution is 7.26. The van der Waals surface area contributed by atoms with Crippen LogP contribution in [0.25, 0.3) is 42.1 Å². The SMILES string of the molecule is CC(C)c1cccc2c1sc1c(Nc3ccc(-c4ccccc4)cc3)cc3ccccc3c12. The van der Waals surface area contributed by atoms with Gasteiger partial charge >= 0.3 is 0 Å².